The van der Waals surface area contributed by atoms with Crippen molar-refractivity contribution in [1.82, 2.24) is 4.90 Å². The van der Waals surface area contributed by atoms with E-state index in [2.05, 4.69) is 5.32 Å². The number of benzene rings is 3. The van der Waals surface area contributed by atoms with Crippen LogP contribution in [0.2, 0.25) is 0 Å². The molecule has 8 heteroatoms. The lowest BCUT2D eigenvalue weighted by atomic mass is 10.1. The van der Waals surface area contributed by atoms with Crippen molar-refractivity contribution in [3.63, 3.8) is 0 Å². The first-order valence-corrected chi connectivity index (χ1v) is 10.1. The van der Waals surface area contributed by atoms with Crippen LogP contribution in [-0.4, -0.2) is 22.8 Å². The number of amides is 1. The van der Waals surface area contributed by atoms with Gasteiger partial charge in [-0.25, -0.2) is 0 Å². The van der Waals surface area contributed by atoms with Gasteiger partial charge in [0.05, 0.1) is 23.8 Å². The Bertz CT molecular complexity index is 1150. The molecule has 0 saturated heterocycles. The van der Waals surface area contributed by atoms with Gasteiger partial charge in [0.25, 0.3) is 11.6 Å². The number of carbonyl (C=O) groups is 1. The van der Waals surface area contributed by atoms with Crippen LogP contribution in [0.3, 0.4) is 0 Å². The molecule has 0 spiro atoms. The fourth-order valence-corrected chi connectivity index (χ4v) is 3.19. The fraction of sp³-hybridized carbons (Fsp3) is 0.120. The fourth-order valence-electron chi connectivity index (χ4n) is 3.19. The molecule has 0 heterocycles. The van der Waals surface area contributed by atoms with Crippen molar-refractivity contribution < 1.29 is 14.5 Å². The lowest BCUT2D eigenvalue weighted by molar-refractivity contribution is -0.384. The van der Waals surface area contributed by atoms with Gasteiger partial charge in [0.15, 0.2) is 0 Å². The predicted octanol–water partition coefficient (Wildman–Crippen LogP) is 4.65. The Morgan fingerprint density at radius 3 is 2.12 bits per heavy atom. The molecule has 166 valence electrons. The highest BCUT2D eigenvalue weighted by Gasteiger charge is 2.17. The van der Waals surface area contributed by atoms with Crippen molar-refractivity contribution in [3.8, 4) is 11.8 Å². The molecule has 1 amide bonds. The van der Waals surface area contributed by atoms with E-state index in [0.29, 0.717) is 13.1 Å². The number of rotatable bonds is 9. The predicted molar refractivity (Wildman–Crippen MR) is 124 cm³/mol. The maximum atomic E-state index is 12.9. The monoisotopic (exact) mass is 442 g/mol. The number of nitro groups is 1. The van der Waals surface area contributed by atoms with Gasteiger partial charge < -0.3 is 15.0 Å². The first-order chi connectivity index (χ1) is 16.0. The van der Waals surface area contributed by atoms with E-state index in [4.69, 9.17) is 4.74 Å². The second-order valence-corrected chi connectivity index (χ2v) is 7.13. The van der Waals surface area contributed by atoms with E-state index >= 15 is 0 Å². The third-order valence-corrected chi connectivity index (χ3v) is 4.78. The Balaban J connectivity index is 1.86. The molecule has 1 N–H and O–H groups in total. The zero-order valence-corrected chi connectivity index (χ0v) is 18.0. The first kappa shape index (κ1) is 23.0. The summed E-state index contributed by atoms with van der Waals surface area (Å²) >= 11 is 0. The van der Waals surface area contributed by atoms with Crippen LogP contribution < -0.4 is 10.1 Å². The zero-order valence-electron chi connectivity index (χ0n) is 18.0. The lowest BCUT2D eigenvalue weighted by Gasteiger charge is -2.21. The summed E-state index contributed by atoms with van der Waals surface area (Å²) in [6, 6.07) is 25.2. The van der Waals surface area contributed by atoms with Crippen molar-refractivity contribution in [2.75, 3.05) is 12.4 Å². The van der Waals surface area contributed by atoms with Crippen LogP contribution >= 0.6 is 0 Å². The molecule has 3 aromatic rings. The van der Waals surface area contributed by atoms with Crippen LogP contribution in [-0.2, 0) is 17.9 Å². The topological polar surface area (TPSA) is 108 Å². The molecule has 0 saturated carbocycles. The number of hydrogen-bond donors (Lipinski definition) is 1. The van der Waals surface area contributed by atoms with Crippen molar-refractivity contribution in [3.05, 3.63) is 112 Å². The minimum Gasteiger partial charge on any atom is -0.494 e. The Morgan fingerprint density at radius 1 is 1.06 bits per heavy atom. The first-order valence-electron chi connectivity index (χ1n) is 10.1. The number of ether oxygens (including phenoxy) is 1. The van der Waals surface area contributed by atoms with Gasteiger partial charge in [-0.15, -0.1) is 0 Å². The second kappa shape index (κ2) is 11.1. The third-order valence-electron chi connectivity index (χ3n) is 4.78. The normalized spacial score (nSPS) is 10.7. The van der Waals surface area contributed by atoms with Crippen LogP contribution in [0.15, 0.2) is 90.6 Å². The molecule has 0 aliphatic rings. The summed E-state index contributed by atoms with van der Waals surface area (Å²) in [5.41, 5.74) is 2.01. The minimum absolute atomic E-state index is 0.109. The molecule has 0 aromatic heterocycles. The molecule has 0 aliphatic heterocycles. The number of carbonyl (C=O) groups excluding carboxylic acids is 1. The van der Waals surface area contributed by atoms with Crippen LogP contribution in [0.25, 0.3) is 0 Å². The number of nitro benzene ring substituents is 1. The number of hydrogen-bond acceptors (Lipinski definition) is 6. The van der Waals surface area contributed by atoms with Gasteiger partial charge in [-0.1, -0.05) is 60.7 Å². The summed E-state index contributed by atoms with van der Waals surface area (Å²) in [6.45, 7) is 0.990. The Hall–Kier alpha value is -4.64. The maximum Gasteiger partial charge on any atom is 0.273 e. The Morgan fingerprint density at radius 2 is 1.64 bits per heavy atom. The van der Waals surface area contributed by atoms with Crippen LogP contribution in [0.1, 0.15) is 11.1 Å². The maximum absolute atomic E-state index is 12.9. The van der Waals surface area contributed by atoms with Crippen LogP contribution in [0.5, 0.6) is 5.75 Å². The van der Waals surface area contributed by atoms with Crippen molar-refractivity contribution in [2.45, 2.75) is 13.1 Å². The molecule has 0 radical (unpaired) electrons. The molecular formula is C25H22N4O4. The average Bonchev–Trinajstić information content (AvgIpc) is 2.83. The lowest BCUT2D eigenvalue weighted by Crippen LogP contribution is -2.21. The number of nitriles is 1. The molecule has 8 nitrogen and oxygen atoms in total. The van der Waals surface area contributed by atoms with Gasteiger partial charge in [-0.2, -0.15) is 5.26 Å². The standard InChI is InChI=1S/C25H22N4O4/c1-33-24-14-22(29(31)32)12-13-23(24)27-25(30)21(15-26)18-28(16-19-8-4-2-5-9-19)17-20-10-6-3-7-11-20/h2-14,18H,16-17H2,1H3,(H,27,30)/b21-18-. The van der Waals surface area contributed by atoms with Crippen molar-refractivity contribution in [1.29, 1.82) is 5.26 Å². The number of nitrogens with zero attached hydrogens (tertiary/aromatic N) is 3. The summed E-state index contributed by atoms with van der Waals surface area (Å²) in [5.74, 6) is -0.518. The van der Waals surface area contributed by atoms with E-state index in [-0.39, 0.29) is 22.7 Å². The Labute approximate surface area is 191 Å². The number of anilines is 1. The van der Waals surface area contributed by atoms with E-state index in [9.17, 15) is 20.2 Å². The SMILES string of the molecule is COc1cc([N+](=O)[O-])ccc1NC(=O)/C(C#N)=C\N(Cc1ccccc1)Cc1ccccc1. The smallest absolute Gasteiger partial charge is 0.273 e. The van der Waals surface area contributed by atoms with E-state index in [1.807, 2.05) is 71.6 Å². The second-order valence-electron chi connectivity index (χ2n) is 7.13. The highest BCUT2D eigenvalue weighted by atomic mass is 16.6. The summed E-state index contributed by atoms with van der Waals surface area (Å²) in [5, 5.41) is 23.3. The molecule has 0 fully saturated rings. The van der Waals surface area contributed by atoms with Gasteiger partial charge in [-0.3, -0.25) is 14.9 Å². The molecule has 3 aromatic carbocycles. The molecule has 0 unspecified atom stereocenters. The largest absolute Gasteiger partial charge is 0.494 e. The van der Waals surface area contributed by atoms with E-state index in [1.165, 1.54) is 31.5 Å². The molecular weight excluding hydrogens is 420 g/mol. The highest BCUT2D eigenvalue weighted by Crippen LogP contribution is 2.29. The highest BCUT2D eigenvalue weighted by molar-refractivity contribution is 6.07. The average molecular weight is 442 g/mol. The van der Waals surface area contributed by atoms with Gasteiger partial charge in [0, 0.05) is 25.4 Å². The van der Waals surface area contributed by atoms with E-state index < -0.39 is 10.8 Å². The molecule has 0 aliphatic carbocycles. The minimum atomic E-state index is -0.643. The van der Waals surface area contributed by atoms with Gasteiger partial charge >= 0.3 is 0 Å². The van der Waals surface area contributed by atoms with Crippen molar-refractivity contribution in [2.24, 2.45) is 0 Å². The molecule has 0 bridgehead atoms. The van der Waals surface area contributed by atoms with E-state index in [0.717, 1.165) is 11.1 Å². The zero-order chi connectivity index (χ0) is 23.6. The van der Waals surface area contributed by atoms with Gasteiger partial charge in [0.2, 0.25) is 0 Å². The Kier molecular flexibility index (Phi) is 7.76. The summed E-state index contributed by atoms with van der Waals surface area (Å²) < 4.78 is 5.16. The summed E-state index contributed by atoms with van der Waals surface area (Å²) in [7, 11) is 1.34. The summed E-state index contributed by atoms with van der Waals surface area (Å²) in [6.07, 6.45) is 1.52. The quantitative estimate of drug-likeness (QED) is 0.224. The molecule has 33 heavy (non-hydrogen) atoms. The third kappa shape index (κ3) is 6.42. The number of non-ortho nitro benzene ring substituents is 1. The molecule has 0 atom stereocenters. The van der Waals surface area contributed by atoms with E-state index in [1.54, 1.807) is 0 Å². The summed E-state index contributed by atoms with van der Waals surface area (Å²) in [4.78, 5) is 25.2. The number of methoxy groups -OCH3 is 1. The molecule has 3 rings (SSSR count). The van der Waals surface area contributed by atoms with Crippen LogP contribution in [0, 0.1) is 21.4 Å². The van der Waals surface area contributed by atoms with Gasteiger partial charge in [-0.05, 0) is 17.2 Å². The van der Waals surface area contributed by atoms with Crippen molar-refractivity contribution >= 4 is 17.3 Å². The number of nitrogens with one attached hydrogen (secondary N) is 1. The van der Waals surface area contributed by atoms with Gasteiger partial charge in [0.1, 0.15) is 17.4 Å². The van der Waals surface area contributed by atoms with Crippen LogP contribution in [0.4, 0.5) is 11.4 Å².